The van der Waals surface area contributed by atoms with Gasteiger partial charge in [-0.25, -0.2) is 0 Å². The van der Waals surface area contributed by atoms with E-state index in [0.29, 0.717) is 29.7 Å². The Labute approximate surface area is 130 Å². The molecule has 0 aromatic heterocycles. The number of nitrogens with two attached hydrogens (primary N) is 1. The number of hydrogen-bond donors (Lipinski definition) is 1. The highest BCUT2D eigenvalue weighted by Crippen LogP contribution is 2.26. The maximum atomic E-state index is 5.87. The van der Waals surface area contributed by atoms with Crippen molar-refractivity contribution in [2.24, 2.45) is 0 Å². The van der Waals surface area contributed by atoms with Crippen molar-refractivity contribution in [3.8, 4) is 11.5 Å². The third kappa shape index (κ3) is 3.82. The molecule has 2 rings (SSSR count). The zero-order valence-electron chi connectivity index (χ0n) is 12.6. The van der Waals surface area contributed by atoms with Gasteiger partial charge in [-0.3, -0.25) is 0 Å². The molecule has 2 aromatic rings. The number of nitrogen functional groups attached to an aromatic ring is 1. The number of aryl methyl sites for hydroxylation is 2. The van der Waals surface area contributed by atoms with Gasteiger partial charge in [0, 0.05) is 6.07 Å². The van der Waals surface area contributed by atoms with Crippen molar-refractivity contribution in [2.45, 2.75) is 20.8 Å². The lowest BCUT2D eigenvalue weighted by molar-refractivity contribution is 0.215. The fourth-order valence-electron chi connectivity index (χ4n) is 2.06. The van der Waals surface area contributed by atoms with E-state index in [1.807, 2.05) is 6.92 Å². The molecule has 4 heteroatoms. The van der Waals surface area contributed by atoms with E-state index in [4.69, 9.17) is 26.8 Å². The summed E-state index contributed by atoms with van der Waals surface area (Å²) in [6.07, 6.45) is 0. The molecular weight excluding hydrogens is 286 g/mol. The first kappa shape index (κ1) is 15.5. The van der Waals surface area contributed by atoms with E-state index in [0.717, 1.165) is 11.3 Å². The molecule has 112 valence electrons. The molecule has 0 fully saturated rings. The van der Waals surface area contributed by atoms with Gasteiger partial charge in [-0.05, 0) is 49.6 Å². The van der Waals surface area contributed by atoms with Crippen molar-refractivity contribution in [1.29, 1.82) is 0 Å². The molecule has 0 aliphatic carbocycles. The Morgan fingerprint density at radius 3 is 2.33 bits per heavy atom. The summed E-state index contributed by atoms with van der Waals surface area (Å²) < 4.78 is 11.5. The average Bonchev–Trinajstić information content (AvgIpc) is 2.46. The molecule has 0 heterocycles. The fourth-order valence-corrected chi connectivity index (χ4v) is 2.18. The monoisotopic (exact) mass is 305 g/mol. The van der Waals surface area contributed by atoms with Gasteiger partial charge < -0.3 is 15.2 Å². The fraction of sp³-hybridized carbons (Fsp3) is 0.294. The summed E-state index contributed by atoms with van der Waals surface area (Å²) in [7, 11) is 0. The third-order valence-corrected chi connectivity index (χ3v) is 3.78. The van der Waals surface area contributed by atoms with Crippen LogP contribution in [0.1, 0.15) is 16.7 Å². The van der Waals surface area contributed by atoms with Gasteiger partial charge >= 0.3 is 0 Å². The van der Waals surface area contributed by atoms with Crippen molar-refractivity contribution in [3.63, 3.8) is 0 Å². The maximum absolute atomic E-state index is 5.87. The molecule has 21 heavy (non-hydrogen) atoms. The Bertz CT molecular complexity index is 641. The molecule has 0 aliphatic heterocycles. The summed E-state index contributed by atoms with van der Waals surface area (Å²) in [5.74, 6) is 1.63. The third-order valence-electron chi connectivity index (χ3n) is 3.44. The summed E-state index contributed by atoms with van der Waals surface area (Å²) in [4.78, 5) is 0. The minimum atomic E-state index is 0.452. The van der Waals surface area contributed by atoms with Crippen molar-refractivity contribution < 1.29 is 9.47 Å². The Morgan fingerprint density at radius 1 is 0.952 bits per heavy atom. The highest BCUT2D eigenvalue weighted by molar-refractivity contribution is 6.33. The lowest BCUT2D eigenvalue weighted by atomic mass is 10.1. The molecule has 0 bridgehead atoms. The van der Waals surface area contributed by atoms with Gasteiger partial charge in [-0.1, -0.05) is 23.7 Å². The summed E-state index contributed by atoms with van der Waals surface area (Å²) in [6, 6.07) is 9.40. The van der Waals surface area contributed by atoms with Gasteiger partial charge in [0.25, 0.3) is 0 Å². The lowest BCUT2D eigenvalue weighted by Crippen LogP contribution is -2.10. The Morgan fingerprint density at radius 2 is 1.62 bits per heavy atom. The second kappa shape index (κ2) is 6.72. The van der Waals surface area contributed by atoms with E-state index < -0.39 is 0 Å². The van der Waals surface area contributed by atoms with Crippen LogP contribution < -0.4 is 15.2 Å². The molecule has 2 aromatic carbocycles. The molecule has 0 radical (unpaired) electrons. The van der Waals surface area contributed by atoms with Crippen LogP contribution in [0, 0.1) is 20.8 Å². The first-order valence-corrected chi connectivity index (χ1v) is 7.24. The number of halogens is 1. The van der Waals surface area contributed by atoms with Crippen LogP contribution in [0.15, 0.2) is 30.3 Å². The van der Waals surface area contributed by atoms with Gasteiger partial charge in [0.1, 0.15) is 24.7 Å². The summed E-state index contributed by atoms with van der Waals surface area (Å²) in [5.41, 5.74) is 9.77. The number of ether oxygens (including phenoxy) is 2. The second-order valence-corrected chi connectivity index (χ2v) is 5.44. The second-order valence-electron chi connectivity index (χ2n) is 5.03. The first-order chi connectivity index (χ1) is 9.99. The van der Waals surface area contributed by atoms with Gasteiger partial charge in [0.2, 0.25) is 0 Å². The topological polar surface area (TPSA) is 44.5 Å². The van der Waals surface area contributed by atoms with E-state index in [2.05, 4.69) is 26.0 Å². The molecule has 3 nitrogen and oxygen atoms in total. The van der Waals surface area contributed by atoms with Crippen LogP contribution in [-0.2, 0) is 0 Å². The quantitative estimate of drug-likeness (QED) is 0.661. The van der Waals surface area contributed by atoms with Crippen LogP contribution in [0.4, 0.5) is 5.69 Å². The van der Waals surface area contributed by atoms with Crippen molar-refractivity contribution in [2.75, 3.05) is 18.9 Å². The predicted octanol–water partition coefficient (Wildman–Crippen LogP) is 4.31. The molecule has 0 unspecified atom stereocenters. The van der Waals surface area contributed by atoms with E-state index in [9.17, 15) is 0 Å². The summed E-state index contributed by atoms with van der Waals surface area (Å²) >= 11 is 5.87. The Hall–Kier alpha value is -1.87. The highest BCUT2D eigenvalue weighted by atomic mass is 35.5. The van der Waals surface area contributed by atoms with Crippen LogP contribution in [-0.4, -0.2) is 13.2 Å². The SMILES string of the molecule is Cc1ccc(C)c(OCCOc2ccc(Cl)c(N)c2)c1C. The van der Waals surface area contributed by atoms with Crippen molar-refractivity contribution >= 4 is 17.3 Å². The molecule has 0 spiro atoms. The molecule has 0 saturated carbocycles. The standard InChI is InChI=1S/C17H20ClNO2/c1-11-4-5-12(2)17(13(11)3)21-9-8-20-14-6-7-15(18)16(19)10-14/h4-7,10H,8-9,19H2,1-3H3. The van der Waals surface area contributed by atoms with E-state index in [-0.39, 0.29) is 0 Å². The minimum absolute atomic E-state index is 0.452. The van der Waals surface area contributed by atoms with E-state index >= 15 is 0 Å². The van der Waals surface area contributed by atoms with Crippen LogP contribution in [0.3, 0.4) is 0 Å². The zero-order chi connectivity index (χ0) is 15.4. The van der Waals surface area contributed by atoms with E-state index in [1.165, 1.54) is 11.1 Å². The molecule has 0 amide bonds. The number of rotatable bonds is 5. The van der Waals surface area contributed by atoms with Crippen LogP contribution in [0.5, 0.6) is 11.5 Å². The van der Waals surface area contributed by atoms with Crippen molar-refractivity contribution in [3.05, 3.63) is 52.0 Å². The molecular formula is C17H20ClNO2. The molecule has 0 atom stereocenters. The molecule has 0 aliphatic rings. The molecule has 2 N–H and O–H groups in total. The normalized spacial score (nSPS) is 10.5. The predicted molar refractivity (Wildman–Crippen MR) is 87.5 cm³/mol. The van der Waals surface area contributed by atoms with Crippen LogP contribution in [0.2, 0.25) is 5.02 Å². The van der Waals surface area contributed by atoms with Gasteiger partial charge in [0.05, 0.1) is 10.7 Å². The summed E-state index contributed by atoms with van der Waals surface area (Å²) in [6.45, 7) is 7.12. The van der Waals surface area contributed by atoms with Gasteiger partial charge in [0.15, 0.2) is 0 Å². The Kier molecular flexibility index (Phi) is 4.97. The lowest BCUT2D eigenvalue weighted by Gasteiger charge is -2.14. The number of anilines is 1. The van der Waals surface area contributed by atoms with Crippen LogP contribution in [0.25, 0.3) is 0 Å². The first-order valence-electron chi connectivity index (χ1n) is 6.86. The van der Waals surface area contributed by atoms with Crippen LogP contribution >= 0.6 is 11.6 Å². The average molecular weight is 306 g/mol. The van der Waals surface area contributed by atoms with Gasteiger partial charge in [-0.15, -0.1) is 0 Å². The number of benzene rings is 2. The maximum Gasteiger partial charge on any atom is 0.125 e. The number of hydrogen-bond acceptors (Lipinski definition) is 3. The highest BCUT2D eigenvalue weighted by Gasteiger charge is 2.06. The minimum Gasteiger partial charge on any atom is -0.490 e. The zero-order valence-corrected chi connectivity index (χ0v) is 13.3. The molecule has 0 saturated heterocycles. The largest absolute Gasteiger partial charge is 0.490 e. The summed E-state index contributed by atoms with van der Waals surface area (Å²) in [5, 5.41) is 0.532. The smallest absolute Gasteiger partial charge is 0.125 e. The Balaban J connectivity index is 1.90. The van der Waals surface area contributed by atoms with Crippen molar-refractivity contribution in [1.82, 2.24) is 0 Å². The van der Waals surface area contributed by atoms with E-state index in [1.54, 1.807) is 18.2 Å². The van der Waals surface area contributed by atoms with Gasteiger partial charge in [-0.2, -0.15) is 0 Å².